The molecule has 1 amide bonds. The molecule has 0 saturated carbocycles. The Morgan fingerprint density at radius 1 is 1.11 bits per heavy atom. The van der Waals surface area contributed by atoms with E-state index >= 15 is 0 Å². The average Bonchev–Trinajstić information content (AvgIpc) is 2.40. The summed E-state index contributed by atoms with van der Waals surface area (Å²) < 4.78 is 13.5. The molecule has 0 N–H and O–H groups in total. The van der Waals surface area contributed by atoms with E-state index in [4.69, 9.17) is 0 Å². The minimum atomic E-state index is -0.858. The molecule has 0 aliphatic rings. The maximum absolute atomic E-state index is 11.5. The highest BCUT2D eigenvalue weighted by atomic mass is 16.5. The van der Waals surface area contributed by atoms with Crippen molar-refractivity contribution in [1.29, 1.82) is 0 Å². The van der Waals surface area contributed by atoms with E-state index in [2.05, 4.69) is 14.2 Å². The van der Waals surface area contributed by atoms with Gasteiger partial charge in [-0.15, -0.1) is 0 Å². The van der Waals surface area contributed by atoms with Gasteiger partial charge in [0.1, 0.15) is 6.04 Å². The Balaban J connectivity index is 4.70. The lowest BCUT2D eigenvalue weighted by Crippen LogP contribution is -2.42. The maximum Gasteiger partial charge on any atom is 0.409 e. The molecule has 0 aromatic carbocycles. The van der Waals surface area contributed by atoms with Gasteiger partial charge in [-0.05, 0) is 6.42 Å². The molecule has 1 atom stereocenters. The van der Waals surface area contributed by atoms with Crippen LogP contribution in [0.1, 0.15) is 6.42 Å². The highest BCUT2D eigenvalue weighted by Crippen LogP contribution is 2.07. The number of hydrogen-bond donors (Lipinski definition) is 0. The molecule has 0 heterocycles. The quantitative estimate of drug-likeness (QED) is 0.402. The van der Waals surface area contributed by atoms with Gasteiger partial charge in [0.05, 0.1) is 21.3 Å². The summed E-state index contributed by atoms with van der Waals surface area (Å²) in [5, 5.41) is 0. The second-order valence-corrected chi connectivity index (χ2v) is 3.28. The number of hydrogen-bond acceptors (Lipinski definition) is 6. The first-order valence-electron chi connectivity index (χ1n) is 5.11. The highest BCUT2D eigenvalue weighted by Gasteiger charge is 2.27. The summed E-state index contributed by atoms with van der Waals surface area (Å²) in [5.41, 5.74) is 0. The van der Waals surface area contributed by atoms with Gasteiger partial charge in [-0.2, -0.15) is 0 Å². The van der Waals surface area contributed by atoms with Crippen molar-refractivity contribution in [1.82, 2.24) is 4.90 Å². The summed E-state index contributed by atoms with van der Waals surface area (Å²) in [6, 6.07) is -0.858. The molecule has 102 valence electrons. The third kappa shape index (κ3) is 4.86. The first-order valence-corrected chi connectivity index (χ1v) is 5.11. The van der Waals surface area contributed by atoms with Gasteiger partial charge in [0.15, 0.2) is 0 Å². The van der Waals surface area contributed by atoms with Crippen LogP contribution in [0.5, 0.6) is 0 Å². The van der Waals surface area contributed by atoms with Gasteiger partial charge < -0.3 is 14.2 Å². The molecular weight excluding hydrogens is 242 g/mol. The van der Waals surface area contributed by atoms with E-state index in [0.29, 0.717) is 0 Å². The number of rotatable bonds is 5. The fraction of sp³-hybridized carbons (Fsp3) is 0.545. The van der Waals surface area contributed by atoms with Crippen molar-refractivity contribution in [3.8, 4) is 0 Å². The Bertz CT molecular complexity index is 338. The third-order valence-corrected chi connectivity index (χ3v) is 2.22. The summed E-state index contributed by atoms with van der Waals surface area (Å²) in [7, 11) is 5.06. The van der Waals surface area contributed by atoms with Crippen LogP contribution in [-0.4, -0.2) is 57.4 Å². The molecule has 18 heavy (non-hydrogen) atoms. The second kappa shape index (κ2) is 8.10. The normalized spacial score (nSPS) is 11.8. The van der Waals surface area contributed by atoms with Gasteiger partial charge >= 0.3 is 18.0 Å². The number of methoxy groups -OCH3 is 3. The molecule has 7 heteroatoms. The lowest BCUT2D eigenvalue weighted by atomic mass is 10.2. The van der Waals surface area contributed by atoms with Crippen LogP contribution in [0.2, 0.25) is 0 Å². The lowest BCUT2D eigenvalue weighted by molar-refractivity contribution is -0.145. The molecule has 0 spiro atoms. The Hall–Kier alpha value is -2.05. The van der Waals surface area contributed by atoms with Gasteiger partial charge in [0.25, 0.3) is 0 Å². The number of esters is 2. The summed E-state index contributed by atoms with van der Waals surface area (Å²) in [6.45, 7) is 0. The summed E-state index contributed by atoms with van der Waals surface area (Å²) in [5.74, 6) is -1.14. The van der Waals surface area contributed by atoms with Crippen molar-refractivity contribution < 1.29 is 28.6 Å². The van der Waals surface area contributed by atoms with Crippen molar-refractivity contribution in [2.75, 3.05) is 28.4 Å². The minimum Gasteiger partial charge on any atom is -0.467 e. The first-order chi connectivity index (χ1) is 8.47. The summed E-state index contributed by atoms with van der Waals surface area (Å²) in [4.78, 5) is 34.8. The zero-order chi connectivity index (χ0) is 14.1. The van der Waals surface area contributed by atoms with Gasteiger partial charge in [-0.1, -0.05) is 6.08 Å². The molecule has 0 radical (unpaired) electrons. The number of carbonyl (C=O) groups is 3. The third-order valence-electron chi connectivity index (χ3n) is 2.22. The minimum absolute atomic E-state index is 0.118. The van der Waals surface area contributed by atoms with Crippen LogP contribution in [0.4, 0.5) is 4.79 Å². The predicted molar refractivity (Wildman–Crippen MR) is 61.7 cm³/mol. The van der Waals surface area contributed by atoms with Gasteiger partial charge in [-0.25, -0.2) is 14.4 Å². The Labute approximate surface area is 105 Å². The van der Waals surface area contributed by atoms with Gasteiger partial charge in [0, 0.05) is 13.1 Å². The molecule has 0 rings (SSSR count). The topological polar surface area (TPSA) is 82.1 Å². The first kappa shape index (κ1) is 16.0. The smallest absolute Gasteiger partial charge is 0.409 e. The molecule has 7 nitrogen and oxygen atoms in total. The molecule has 0 aromatic heterocycles. The molecule has 0 aliphatic heterocycles. The fourth-order valence-corrected chi connectivity index (χ4v) is 1.18. The SMILES string of the molecule is COC(=O)C=CCC(C(=O)OC)N(C)C(=O)OC. The molecule has 0 bridgehead atoms. The van der Waals surface area contributed by atoms with Crippen LogP contribution >= 0.6 is 0 Å². The summed E-state index contributed by atoms with van der Waals surface area (Å²) >= 11 is 0. The number of nitrogens with zero attached hydrogens (tertiary/aromatic N) is 1. The number of carbonyl (C=O) groups excluding carboxylic acids is 3. The van der Waals surface area contributed by atoms with E-state index in [9.17, 15) is 14.4 Å². The highest BCUT2D eigenvalue weighted by molar-refractivity contribution is 5.83. The molecule has 0 aliphatic carbocycles. The van der Waals surface area contributed by atoms with E-state index < -0.39 is 24.1 Å². The maximum atomic E-state index is 11.5. The predicted octanol–water partition coefficient (Wildman–Crippen LogP) is 0.345. The van der Waals surface area contributed by atoms with E-state index in [1.54, 1.807) is 0 Å². The van der Waals surface area contributed by atoms with E-state index in [0.717, 1.165) is 4.90 Å². The number of ether oxygens (including phenoxy) is 3. The molecule has 0 fully saturated rings. The van der Waals surface area contributed by atoms with Crippen LogP contribution in [0.3, 0.4) is 0 Å². The monoisotopic (exact) mass is 259 g/mol. The van der Waals surface area contributed by atoms with Crippen molar-refractivity contribution in [3.05, 3.63) is 12.2 Å². The molecular formula is C11H17NO6. The van der Waals surface area contributed by atoms with Crippen LogP contribution in [0.25, 0.3) is 0 Å². The average molecular weight is 259 g/mol. The lowest BCUT2D eigenvalue weighted by Gasteiger charge is -2.23. The Morgan fingerprint density at radius 2 is 1.72 bits per heavy atom. The van der Waals surface area contributed by atoms with Crippen LogP contribution in [0, 0.1) is 0 Å². The molecule has 1 unspecified atom stereocenters. The molecule has 0 saturated heterocycles. The van der Waals surface area contributed by atoms with Crippen molar-refractivity contribution in [3.63, 3.8) is 0 Å². The van der Waals surface area contributed by atoms with E-state index in [-0.39, 0.29) is 6.42 Å². The van der Waals surface area contributed by atoms with Crippen molar-refractivity contribution >= 4 is 18.0 Å². The van der Waals surface area contributed by atoms with Gasteiger partial charge in [0.2, 0.25) is 0 Å². The van der Waals surface area contributed by atoms with Crippen LogP contribution in [-0.2, 0) is 23.8 Å². The van der Waals surface area contributed by atoms with E-state index in [1.807, 2.05) is 0 Å². The van der Waals surface area contributed by atoms with Crippen LogP contribution in [0.15, 0.2) is 12.2 Å². The Kier molecular flexibility index (Phi) is 7.18. The Morgan fingerprint density at radius 3 is 2.17 bits per heavy atom. The largest absolute Gasteiger partial charge is 0.467 e. The standard InChI is InChI=1S/C11H17NO6/c1-12(11(15)18-4)8(10(14)17-3)6-5-7-9(13)16-2/h5,7-8H,6H2,1-4H3. The zero-order valence-electron chi connectivity index (χ0n) is 10.8. The summed E-state index contributed by atoms with van der Waals surface area (Å²) in [6.07, 6.45) is 2.04. The van der Waals surface area contributed by atoms with Crippen molar-refractivity contribution in [2.24, 2.45) is 0 Å². The fourth-order valence-electron chi connectivity index (χ4n) is 1.18. The zero-order valence-corrected chi connectivity index (χ0v) is 10.8. The number of likely N-dealkylation sites (N-methyl/N-ethyl adjacent to an activating group) is 1. The second-order valence-electron chi connectivity index (χ2n) is 3.28. The van der Waals surface area contributed by atoms with Crippen LogP contribution < -0.4 is 0 Å². The number of amides is 1. The van der Waals surface area contributed by atoms with Crippen molar-refractivity contribution in [2.45, 2.75) is 12.5 Å². The van der Waals surface area contributed by atoms with Gasteiger partial charge in [-0.3, -0.25) is 4.90 Å². The van der Waals surface area contributed by atoms with E-state index in [1.165, 1.54) is 40.5 Å². The molecule has 0 aromatic rings.